The van der Waals surface area contributed by atoms with E-state index < -0.39 is 29.6 Å². The zero-order chi connectivity index (χ0) is 21.6. The highest BCUT2D eigenvalue weighted by molar-refractivity contribution is 6.05. The molecule has 0 saturated carbocycles. The first-order valence-electron chi connectivity index (χ1n) is 9.41. The smallest absolute Gasteiger partial charge is 0.325 e. The van der Waals surface area contributed by atoms with E-state index in [1.807, 2.05) is 0 Å². The highest BCUT2D eigenvalue weighted by Gasteiger charge is 2.66. The summed E-state index contributed by atoms with van der Waals surface area (Å²) < 4.78 is 10.0. The third-order valence-corrected chi connectivity index (χ3v) is 6.05. The maximum absolute atomic E-state index is 13.1. The molecule has 1 aromatic rings. The fourth-order valence-electron chi connectivity index (χ4n) is 4.80. The van der Waals surface area contributed by atoms with Crippen LogP contribution >= 0.6 is 0 Å². The second kappa shape index (κ2) is 6.99. The molecule has 4 rings (SSSR count). The first-order valence-corrected chi connectivity index (χ1v) is 9.41. The monoisotopic (exact) mass is 409 g/mol. The van der Waals surface area contributed by atoms with Gasteiger partial charge in [0.2, 0.25) is 11.8 Å². The lowest BCUT2D eigenvalue weighted by Crippen LogP contribution is -2.47. The minimum Gasteiger partial charge on any atom is -0.468 e. The fraction of sp³-hybridized carbons (Fsp3) is 0.381. The second-order valence-electron chi connectivity index (χ2n) is 7.39. The standard InChI is InChI=1S/C21H19N3O6/c1-29-19(27)21(20(28)30-2)9-15(24-16(25)7-8-17(24)26)23-11-12(10-22)13-5-3-4-6-14(13)18(21)23/h3-6,11,15,18H,7-9H2,1-2H3/t15-,18-/m1/s1. The first-order chi connectivity index (χ1) is 14.4. The predicted octanol–water partition coefficient (Wildman–Crippen LogP) is 1.12. The van der Waals surface area contributed by atoms with Crippen molar-refractivity contribution in [3.63, 3.8) is 0 Å². The van der Waals surface area contributed by atoms with Crippen molar-refractivity contribution >= 4 is 29.3 Å². The molecule has 1 aromatic carbocycles. The lowest BCUT2D eigenvalue weighted by atomic mass is 9.74. The van der Waals surface area contributed by atoms with Crippen LogP contribution in [0.5, 0.6) is 0 Å². The molecule has 9 nitrogen and oxygen atoms in total. The molecule has 0 N–H and O–H groups in total. The van der Waals surface area contributed by atoms with Crippen LogP contribution in [-0.4, -0.2) is 53.9 Å². The second-order valence-corrected chi connectivity index (χ2v) is 7.39. The molecule has 0 spiro atoms. The zero-order valence-corrected chi connectivity index (χ0v) is 16.5. The maximum Gasteiger partial charge on any atom is 0.325 e. The summed E-state index contributed by atoms with van der Waals surface area (Å²) in [4.78, 5) is 53.8. The van der Waals surface area contributed by atoms with Crippen LogP contribution in [-0.2, 0) is 28.7 Å². The van der Waals surface area contributed by atoms with Gasteiger partial charge in [-0.3, -0.25) is 24.1 Å². The van der Waals surface area contributed by atoms with E-state index in [9.17, 15) is 24.4 Å². The van der Waals surface area contributed by atoms with Crippen molar-refractivity contribution in [2.75, 3.05) is 14.2 Å². The number of imide groups is 1. The van der Waals surface area contributed by atoms with E-state index in [-0.39, 0.29) is 31.1 Å². The molecular formula is C21H19N3O6. The minimum atomic E-state index is -1.81. The van der Waals surface area contributed by atoms with E-state index in [0.29, 0.717) is 16.7 Å². The van der Waals surface area contributed by atoms with Gasteiger partial charge in [0.15, 0.2) is 5.41 Å². The Kier molecular flexibility index (Phi) is 4.57. The molecule has 0 radical (unpaired) electrons. The van der Waals surface area contributed by atoms with Crippen molar-refractivity contribution in [3.8, 4) is 6.07 Å². The molecule has 3 heterocycles. The number of carbonyl (C=O) groups is 4. The van der Waals surface area contributed by atoms with Crippen LogP contribution in [0, 0.1) is 16.7 Å². The first kappa shape index (κ1) is 19.6. The molecule has 2 fully saturated rings. The van der Waals surface area contributed by atoms with Crippen molar-refractivity contribution in [1.29, 1.82) is 5.26 Å². The van der Waals surface area contributed by atoms with E-state index in [2.05, 4.69) is 6.07 Å². The van der Waals surface area contributed by atoms with Crippen molar-refractivity contribution in [2.24, 2.45) is 5.41 Å². The van der Waals surface area contributed by atoms with Crippen molar-refractivity contribution in [2.45, 2.75) is 31.5 Å². The van der Waals surface area contributed by atoms with E-state index in [1.54, 1.807) is 29.2 Å². The Labute approximate surface area is 172 Å². The van der Waals surface area contributed by atoms with Gasteiger partial charge in [0.05, 0.1) is 25.8 Å². The topological polar surface area (TPSA) is 117 Å². The molecule has 9 heteroatoms. The summed E-state index contributed by atoms with van der Waals surface area (Å²) in [5.41, 5.74) is -0.395. The van der Waals surface area contributed by atoms with Crippen molar-refractivity contribution < 1.29 is 28.7 Å². The number of likely N-dealkylation sites (tertiary alicyclic amines) is 1. The predicted molar refractivity (Wildman–Crippen MR) is 101 cm³/mol. The third-order valence-electron chi connectivity index (χ3n) is 6.05. The number of fused-ring (bicyclic) bond motifs is 3. The van der Waals surface area contributed by atoms with Gasteiger partial charge in [0, 0.05) is 25.5 Å². The summed E-state index contributed by atoms with van der Waals surface area (Å²) in [6.45, 7) is 0. The number of benzene rings is 1. The van der Waals surface area contributed by atoms with Crippen LogP contribution in [0.2, 0.25) is 0 Å². The highest BCUT2D eigenvalue weighted by Crippen LogP contribution is 2.56. The molecule has 0 bridgehead atoms. The van der Waals surface area contributed by atoms with Gasteiger partial charge in [-0.1, -0.05) is 24.3 Å². The number of ether oxygens (including phenoxy) is 2. The Morgan fingerprint density at radius 2 is 1.70 bits per heavy atom. The van der Waals surface area contributed by atoms with Crippen LogP contribution in [0.4, 0.5) is 0 Å². The van der Waals surface area contributed by atoms with Crippen LogP contribution in [0.15, 0.2) is 30.5 Å². The van der Waals surface area contributed by atoms with Crippen LogP contribution in [0.3, 0.4) is 0 Å². The number of nitriles is 1. The molecule has 30 heavy (non-hydrogen) atoms. The maximum atomic E-state index is 13.1. The molecule has 0 aliphatic carbocycles. The summed E-state index contributed by atoms with van der Waals surface area (Å²) in [5, 5.41) is 9.68. The Balaban J connectivity index is 1.99. The van der Waals surface area contributed by atoms with E-state index in [1.165, 1.54) is 20.4 Å². The van der Waals surface area contributed by atoms with Crippen molar-refractivity contribution in [1.82, 2.24) is 9.80 Å². The molecule has 3 aliphatic heterocycles. The Bertz CT molecular complexity index is 1010. The average molecular weight is 409 g/mol. The lowest BCUT2D eigenvalue weighted by Gasteiger charge is -2.39. The SMILES string of the molecule is COC(=O)C1(C(=O)OC)C[C@@H](N2C(=O)CCC2=O)N2C=C(C#N)c3ccccc3[C@@H]21. The Morgan fingerprint density at radius 3 is 2.27 bits per heavy atom. The Morgan fingerprint density at radius 1 is 1.10 bits per heavy atom. The normalized spacial score (nSPS) is 24.0. The number of rotatable bonds is 3. The number of allylic oxidation sites excluding steroid dienone is 1. The van der Waals surface area contributed by atoms with Crippen LogP contribution in [0.1, 0.15) is 36.4 Å². The van der Waals surface area contributed by atoms with E-state index in [4.69, 9.17) is 9.47 Å². The summed E-state index contributed by atoms with van der Waals surface area (Å²) in [7, 11) is 2.34. The number of hydrogen-bond donors (Lipinski definition) is 0. The summed E-state index contributed by atoms with van der Waals surface area (Å²) in [6.07, 6.45) is 0.501. The Hall–Kier alpha value is -3.67. The summed E-state index contributed by atoms with van der Waals surface area (Å²) >= 11 is 0. The molecule has 3 aliphatic rings. The fourth-order valence-corrected chi connectivity index (χ4v) is 4.80. The zero-order valence-electron chi connectivity index (χ0n) is 16.5. The molecule has 154 valence electrons. The van der Waals surface area contributed by atoms with Gasteiger partial charge in [-0.25, -0.2) is 0 Å². The molecule has 2 saturated heterocycles. The summed E-state index contributed by atoms with van der Waals surface area (Å²) in [6, 6.07) is 8.13. The molecule has 0 aromatic heterocycles. The van der Waals surface area contributed by atoms with Gasteiger partial charge in [0.1, 0.15) is 12.2 Å². The minimum absolute atomic E-state index is 0.0582. The van der Waals surface area contributed by atoms with Gasteiger partial charge in [-0.15, -0.1) is 0 Å². The van der Waals surface area contributed by atoms with Gasteiger partial charge in [0.25, 0.3) is 0 Å². The molecule has 2 amide bonds. The van der Waals surface area contributed by atoms with Crippen LogP contribution < -0.4 is 0 Å². The van der Waals surface area contributed by atoms with E-state index in [0.717, 1.165) is 4.90 Å². The molecule has 2 atom stereocenters. The largest absolute Gasteiger partial charge is 0.468 e. The quantitative estimate of drug-likeness (QED) is 0.414. The number of nitrogens with zero attached hydrogens (tertiary/aromatic N) is 3. The average Bonchev–Trinajstić information content (AvgIpc) is 3.29. The molecular weight excluding hydrogens is 390 g/mol. The van der Waals surface area contributed by atoms with E-state index >= 15 is 0 Å². The van der Waals surface area contributed by atoms with Crippen molar-refractivity contribution in [3.05, 3.63) is 41.6 Å². The molecule has 0 unspecified atom stereocenters. The van der Waals surface area contributed by atoms with Gasteiger partial charge in [-0.2, -0.15) is 5.26 Å². The lowest BCUT2D eigenvalue weighted by molar-refractivity contribution is -0.171. The number of hydrogen-bond acceptors (Lipinski definition) is 8. The third kappa shape index (κ3) is 2.46. The van der Waals surface area contributed by atoms with Gasteiger partial charge < -0.3 is 14.4 Å². The number of carbonyl (C=O) groups excluding carboxylic acids is 4. The van der Waals surface area contributed by atoms with Gasteiger partial charge in [-0.05, 0) is 11.1 Å². The highest BCUT2D eigenvalue weighted by atomic mass is 16.5. The number of amides is 2. The summed E-state index contributed by atoms with van der Waals surface area (Å²) in [5.74, 6) is -2.43. The number of methoxy groups -OCH3 is 2. The van der Waals surface area contributed by atoms with Crippen LogP contribution in [0.25, 0.3) is 5.57 Å². The number of esters is 2. The van der Waals surface area contributed by atoms with Gasteiger partial charge >= 0.3 is 11.9 Å².